The molecule has 1 amide bonds. The molecule has 6 rings (SSSR count). The van der Waals surface area contributed by atoms with E-state index in [-0.39, 0.29) is 35.1 Å². The minimum Gasteiger partial charge on any atom is -0.457 e. The van der Waals surface area contributed by atoms with Crippen molar-refractivity contribution in [2.75, 3.05) is 18.8 Å². The van der Waals surface area contributed by atoms with Crippen molar-refractivity contribution in [1.29, 1.82) is 5.26 Å². The molecule has 2 saturated heterocycles. The number of nitrogens with two attached hydrogens (primary N) is 1. The number of aromatic nitrogens is 4. The number of rotatable bonds is 8. The Morgan fingerprint density at radius 1 is 1.19 bits per heavy atom. The van der Waals surface area contributed by atoms with Gasteiger partial charge in [0.05, 0.1) is 18.0 Å². The van der Waals surface area contributed by atoms with Crippen molar-refractivity contribution >= 4 is 22.8 Å². The summed E-state index contributed by atoms with van der Waals surface area (Å²) < 4.78 is 22.9. The van der Waals surface area contributed by atoms with Crippen molar-refractivity contribution < 1.29 is 13.9 Å². The molecular formula is C30H30FN9O2. The molecular weight excluding hydrogens is 537 g/mol. The molecule has 42 heavy (non-hydrogen) atoms. The van der Waals surface area contributed by atoms with E-state index in [0.29, 0.717) is 41.3 Å². The summed E-state index contributed by atoms with van der Waals surface area (Å²) in [7, 11) is 0. The Morgan fingerprint density at radius 3 is 2.81 bits per heavy atom. The molecule has 0 saturated carbocycles. The Bertz CT molecular complexity index is 1680. The number of ether oxygens (including phenoxy) is 1. The maximum absolute atomic E-state index is 15.5. The minimum atomic E-state index is -0.534. The first-order chi connectivity index (χ1) is 20.5. The zero-order valence-corrected chi connectivity index (χ0v) is 22.8. The zero-order valence-electron chi connectivity index (χ0n) is 22.8. The third-order valence-electron chi connectivity index (χ3n) is 7.64. The van der Waals surface area contributed by atoms with E-state index in [1.54, 1.807) is 39.9 Å². The summed E-state index contributed by atoms with van der Waals surface area (Å²) in [5, 5.41) is 20.4. The van der Waals surface area contributed by atoms with Gasteiger partial charge in [-0.2, -0.15) is 10.4 Å². The number of amides is 1. The molecule has 4 N–H and O–H groups in total. The average Bonchev–Trinajstić information content (AvgIpc) is 3.75. The van der Waals surface area contributed by atoms with Crippen LogP contribution in [0.3, 0.4) is 0 Å². The van der Waals surface area contributed by atoms with Crippen LogP contribution in [0.4, 0.5) is 10.2 Å². The summed E-state index contributed by atoms with van der Waals surface area (Å²) in [5.74, 6) is 0.345. The van der Waals surface area contributed by atoms with Gasteiger partial charge in [-0.3, -0.25) is 10.1 Å². The van der Waals surface area contributed by atoms with Crippen LogP contribution in [0.15, 0.2) is 66.6 Å². The lowest BCUT2D eigenvalue weighted by molar-refractivity contribution is -0.128. The molecule has 4 heterocycles. The van der Waals surface area contributed by atoms with E-state index in [1.807, 2.05) is 24.4 Å². The van der Waals surface area contributed by atoms with Gasteiger partial charge in [-0.15, -0.1) is 0 Å². The number of carbonyl (C=O) groups excluding carboxylic acids is 1. The Kier molecular flexibility index (Phi) is 7.66. The average molecular weight is 568 g/mol. The van der Waals surface area contributed by atoms with E-state index in [9.17, 15) is 10.1 Å². The van der Waals surface area contributed by atoms with Gasteiger partial charge in [-0.25, -0.2) is 19.0 Å². The minimum absolute atomic E-state index is 0.0440. The molecule has 0 bridgehead atoms. The summed E-state index contributed by atoms with van der Waals surface area (Å²) >= 11 is 0. The predicted molar refractivity (Wildman–Crippen MR) is 154 cm³/mol. The zero-order chi connectivity index (χ0) is 29.1. The van der Waals surface area contributed by atoms with Crippen LogP contribution in [0.2, 0.25) is 0 Å². The number of para-hydroxylation sites is 1. The van der Waals surface area contributed by atoms with Crippen LogP contribution in [0, 0.1) is 17.3 Å². The number of hydrogen-bond donors (Lipinski definition) is 3. The molecule has 2 aromatic carbocycles. The van der Waals surface area contributed by atoms with Gasteiger partial charge in [0, 0.05) is 24.2 Å². The van der Waals surface area contributed by atoms with E-state index in [1.165, 1.54) is 12.4 Å². The fraction of sp³-hybridized carbons (Fsp3) is 0.300. The molecule has 214 valence electrons. The molecule has 2 aliphatic rings. The van der Waals surface area contributed by atoms with Crippen LogP contribution in [0.1, 0.15) is 25.7 Å². The monoisotopic (exact) mass is 567 g/mol. The summed E-state index contributed by atoms with van der Waals surface area (Å²) in [6.45, 7) is 1.74. The first-order valence-electron chi connectivity index (χ1n) is 13.9. The highest BCUT2D eigenvalue weighted by atomic mass is 19.1. The van der Waals surface area contributed by atoms with Crippen molar-refractivity contribution in [2.24, 2.45) is 0 Å². The molecule has 4 aromatic rings. The van der Waals surface area contributed by atoms with Crippen molar-refractivity contribution in [3.63, 3.8) is 0 Å². The van der Waals surface area contributed by atoms with Gasteiger partial charge < -0.3 is 20.7 Å². The van der Waals surface area contributed by atoms with Gasteiger partial charge in [0.15, 0.2) is 11.8 Å². The van der Waals surface area contributed by atoms with Crippen LogP contribution < -0.4 is 21.1 Å². The van der Waals surface area contributed by atoms with Gasteiger partial charge >= 0.3 is 0 Å². The smallest absolute Gasteiger partial charge is 0.270 e. The Balaban J connectivity index is 1.29. The number of likely N-dealkylation sites (tertiary alicyclic amines) is 1. The highest BCUT2D eigenvalue weighted by Crippen LogP contribution is 2.35. The molecule has 12 heteroatoms. The number of anilines is 1. The fourth-order valence-electron chi connectivity index (χ4n) is 5.65. The second-order valence-electron chi connectivity index (χ2n) is 10.4. The number of nitriles is 1. The number of hydrogen-bond acceptors (Lipinski definition) is 9. The lowest BCUT2D eigenvalue weighted by Gasteiger charge is -2.26. The molecule has 0 spiro atoms. The fourth-order valence-corrected chi connectivity index (χ4v) is 5.65. The molecule has 2 aliphatic heterocycles. The van der Waals surface area contributed by atoms with E-state index < -0.39 is 5.82 Å². The van der Waals surface area contributed by atoms with Gasteiger partial charge in [0.2, 0.25) is 0 Å². The highest BCUT2D eigenvalue weighted by Gasteiger charge is 2.33. The number of nitrogens with zero attached hydrogens (tertiary/aromatic N) is 6. The van der Waals surface area contributed by atoms with Crippen LogP contribution in [-0.2, 0) is 11.3 Å². The number of fused-ring (bicyclic) bond motifs is 1. The van der Waals surface area contributed by atoms with Crippen LogP contribution in [-0.4, -0.2) is 55.7 Å². The predicted octanol–water partition coefficient (Wildman–Crippen LogP) is 3.70. The van der Waals surface area contributed by atoms with Crippen LogP contribution in [0.5, 0.6) is 11.5 Å². The Hall–Kier alpha value is -5.02. The molecule has 2 fully saturated rings. The molecule has 2 atom stereocenters. The SMILES string of the molecule is N#CN/C(=C\[C@@H]1CCCN1)C(=O)N1CCC[C@@H]1Cn1nc(-c2ccc(Oc3ccccc3)cc2F)c2c(N)ncnc21. The topological polar surface area (TPSA) is 147 Å². The summed E-state index contributed by atoms with van der Waals surface area (Å²) in [5.41, 5.74) is 7.50. The summed E-state index contributed by atoms with van der Waals surface area (Å²) in [6.07, 6.45) is 8.52. The quantitative estimate of drug-likeness (QED) is 0.165. The molecule has 0 radical (unpaired) electrons. The van der Waals surface area contributed by atoms with Crippen LogP contribution >= 0.6 is 0 Å². The lowest BCUT2D eigenvalue weighted by Crippen LogP contribution is -2.41. The second-order valence-corrected chi connectivity index (χ2v) is 10.4. The normalized spacial score (nSPS) is 18.8. The number of nitrogens with one attached hydrogen (secondary N) is 2. The van der Waals surface area contributed by atoms with Gasteiger partial charge in [0.1, 0.15) is 40.9 Å². The number of carbonyl (C=O) groups is 1. The molecule has 0 unspecified atom stereocenters. The van der Waals surface area contributed by atoms with Gasteiger partial charge in [-0.05, 0) is 62.6 Å². The lowest BCUT2D eigenvalue weighted by atomic mass is 10.1. The first-order valence-corrected chi connectivity index (χ1v) is 13.9. The van der Waals surface area contributed by atoms with Crippen molar-refractivity contribution in [1.82, 2.24) is 35.3 Å². The maximum atomic E-state index is 15.5. The number of nitrogen functional groups attached to an aromatic ring is 1. The van der Waals surface area contributed by atoms with E-state index >= 15 is 4.39 Å². The highest BCUT2D eigenvalue weighted by molar-refractivity contribution is 5.98. The van der Waals surface area contributed by atoms with Gasteiger partial charge in [0.25, 0.3) is 5.91 Å². The van der Waals surface area contributed by atoms with Gasteiger partial charge in [-0.1, -0.05) is 18.2 Å². The Morgan fingerprint density at radius 2 is 2.05 bits per heavy atom. The Labute approximate surface area is 241 Å². The van der Waals surface area contributed by atoms with Crippen molar-refractivity contribution in [3.05, 3.63) is 72.4 Å². The number of halogens is 1. The number of benzene rings is 2. The van der Waals surface area contributed by atoms with E-state index in [4.69, 9.17) is 15.6 Å². The van der Waals surface area contributed by atoms with E-state index in [0.717, 1.165) is 32.2 Å². The second kappa shape index (κ2) is 11.8. The summed E-state index contributed by atoms with van der Waals surface area (Å²) in [4.78, 5) is 23.9. The standard InChI is InChI=1S/C30H30FN9O2/c31-24-15-22(42-21-8-2-1-3-9-21)10-11-23(24)27-26-28(33)36-18-37-29(26)40(38-27)16-20-7-5-13-39(20)30(41)25(35-17-32)14-19-6-4-12-34-19/h1-3,8-11,14-15,18-20,34-35H,4-7,12-13,16H2,(H2,33,36,37)/b25-14-/t19-,20+/m0/s1. The third-order valence-corrected chi connectivity index (χ3v) is 7.64. The largest absolute Gasteiger partial charge is 0.457 e. The molecule has 11 nitrogen and oxygen atoms in total. The first kappa shape index (κ1) is 27.2. The summed E-state index contributed by atoms with van der Waals surface area (Å²) in [6, 6.07) is 13.5. The van der Waals surface area contributed by atoms with Crippen molar-refractivity contribution in [3.8, 4) is 28.9 Å². The third kappa shape index (κ3) is 5.46. The van der Waals surface area contributed by atoms with E-state index in [2.05, 4.69) is 20.6 Å². The van der Waals surface area contributed by atoms with Crippen LogP contribution in [0.25, 0.3) is 22.3 Å². The molecule has 0 aliphatic carbocycles. The van der Waals surface area contributed by atoms with Crippen molar-refractivity contribution in [2.45, 2.75) is 44.3 Å². The molecule has 2 aromatic heterocycles. The maximum Gasteiger partial charge on any atom is 0.270 e.